The number of amides is 2. The van der Waals surface area contributed by atoms with Crippen LogP contribution >= 0.6 is 0 Å². The molecule has 2 amide bonds. The first-order chi connectivity index (χ1) is 19.3. The smallest absolute Gasteiger partial charge is 0.333 e. The van der Waals surface area contributed by atoms with Gasteiger partial charge < -0.3 is 38.2 Å². The summed E-state index contributed by atoms with van der Waals surface area (Å²) in [6, 6.07) is 0. The standard InChI is InChI=1S/C15H25NO5.C14H23NO5/c1-12(2)14(17)16(5)6-7-19-8-9-20-10-11-21-15(18)13(3)4;1-5-13(16)20-11-10-19-9-8-18-7-6-15(4)14(17)12(2)3/h1,3,6-11H2,2,4-5H3;5H,1-2,6-11H2,3-4H3. The topological polar surface area (TPSA) is 130 Å². The molecule has 0 aromatic rings. The molecule has 0 aliphatic rings. The number of likely N-dealkylation sites (N-methyl/N-ethyl adjacent to an activating group) is 2. The van der Waals surface area contributed by atoms with Crippen LogP contribution < -0.4 is 0 Å². The Hall–Kier alpha value is -3.32. The van der Waals surface area contributed by atoms with E-state index in [1.807, 2.05) is 0 Å². The van der Waals surface area contributed by atoms with E-state index in [9.17, 15) is 19.2 Å². The zero-order chi connectivity index (χ0) is 31.6. The highest BCUT2D eigenvalue weighted by Crippen LogP contribution is 1.96. The third-order valence-corrected chi connectivity index (χ3v) is 4.76. The predicted octanol–water partition coefficient (Wildman–Crippen LogP) is 1.96. The van der Waals surface area contributed by atoms with E-state index in [2.05, 4.69) is 26.3 Å². The fourth-order valence-corrected chi connectivity index (χ4v) is 2.48. The quantitative estimate of drug-likeness (QED) is 0.106. The second-order valence-corrected chi connectivity index (χ2v) is 8.75. The number of esters is 2. The van der Waals surface area contributed by atoms with Crippen LogP contribution in [0.4, 0.5) is 0 Å². The lowest BCUT2D eigenvalue weighted by molar-refractivity contribution is -0.141. The molecule has 0 N–H and O–H groups in total. The van der Waals surface area contributed by atoms with Gasteiger partial charge in [-0.15, -0.1) is 0 Å². The van der Waals surface area contributed by atoms with Crippen molar-refractivity contribution in [2.75, 3.05) is 93.3 Å². The second-order valence-electron chi connectivity index (χ2n) is 8.75. The number of rotatable bonds is 22. The normalized spacial score (nSPS) is 9.98. The molecule has 0 aromatic heterocycles. The van der Waals surface area contributed by atoms with Gasteiger partial charge in [0.05, 0.1) is 52.9 Å². The van der Waals surface area contributed by atoms with Gasteiger partial charge in [-0.3, -0.25) is 9.59 Å². The molecule has 41 heavy (non-hydrogen) atoms. The van der Waals surface area contributed by atoms with Gasteiger partial charge in [-0.05, 0) is 20.8 Å². The summed E-state index contributed by atoms with van der Waals surface area (Å²) >= 11 is 0. The van der Waals surface area contributed by atoms with E-state index >= 15 is 0 Å². The van der Waals surface area contributed by atoms with Crippen LogP contribution in [0.3, 0.4) is 0 Å². The Morgan fingerprint density at radius 2 is 0.902 bits per heavy atom. The lowest BCUT2D eigenvalue weighted by Gasteiger charge is -2.16. The molecule has 234 valence electrons. The maximum atomic E-state index is 11.5. The zero-order valence-corrected chi connectivity index (χ0v) is 25.4. The molecule has 12 heteroatoms. The number of ether oxygens (including phenoxy) is 6. The fourth-order valence-electron chi connectivity index (χ4n) is 2.48. The molecule has 0 atom stereocenters. The average molecular weight is 585 g/mol. The van der Waals surface area contributed by atoms with Gasteiger partial charge in [0.1, 0.15) is 13.2 Å². The Morgan fingerprint density at radius 1 is 0.561 bits per heavy atom. The molecule has 0 fully saturated rings. The van der Waals surface area contributed by atoms with Crippen molar-refractivity contribution < 1.29 is 47.6 Å². The van der Waals surface area contributed by atoms with Crippen LogP contribution in [0.1, 0.15) is 20.8 Å². The minimum atomic E-state index is -0.463. The van der Waals surface area contributed by atoms with Gasteiger partial charge in [0.2, 0.25) is 11.8 Å². The minimum Gasteiger partial charge on any atom is -0.460 e. The molecule has 0 bridgehead atoms. The van der Waals surface area contributed by atoms with Crippen LogP contribution in [0.25, 0.3) is 0 Å². The minimum absolute atomic E-state index is 0.0887. The zero-order valence-electron chi connectivity index (χ0n) is 25.4. The summed E-state index contributed by atoms with van der Waals surface area (Å²) in [4.78, 5) is 47.8. The highest BCUT2D eigenvalue weighted by atomic mass is 16.6. The summed E-state index contributed by atoms with van der Waals surface area (Å²) in [5.41, 5.74) is 1.38. The molecule has 0 radical (unpaired) electrons. The predicted molar refractivity (Wildman–Crippen MR) is 155 cm³/mol. The average Bonchev–Trinajstić information content (AvgIpc) is 2.93. The number of nitrogens with zero attached hydrogens (tertiary/aromatic N) is 2. The van der Waals surface area contributed by atoms with Crippen LogP contribution in [0.2, 0.25) is 0 Å². The van der Waals surface area contributed by atoms with Crippen molar-refractivity contribution in [3.8, 4) is 0 Å². The van der Waals surface area contributed by atoms with Crippen molar-refractivity contribution in [2.24, 2.45) is 0 Å². The molecule has 0 rings (SSSR count). The summed E-state index contributed by atoms with van der Waals surface area (Å²) in [7, 11) is 3.40. The van der Waals surface area contributed by atoms with Gasteiger partial charge in [-0.2, -0.15) is 0 Å². The Kier molecular flexibility index (Phi) is 24.9. The molecular formula is C29H48N2O10. The third-order valence-electron chi connectivity index (χ3n) is 4.76. The molecule has 0 aliphatic carbocycles. The van der Waals surface area contributed by atoms with E-state index in [1.165, 1.54) is 0 Å². The summed E-state index contributed by atoms with van der Waals surface area (Å²) in [5, 5.41) is 0. The molecule has 12 nitrogen and oxygen atoms in total. The lowest BCUT2D eigenvalue weighted by Crippen LogP contribution is -2.30. The van der Waals surface area contributed by atoms with Gasteiger partial charge in [-0.25, -0.2) is 9.59 Å². The van der Waals surface area contributed by atoms with E-state index in [-0.39, 0.29) is 25.0 Å². The van der Waals surface area contributed by atoms with Crippen molar-refractivity contribution in [1.29, 1.82) is 0 Å². The SMILES string of the molecule is C=C(C)C(=O)OCCOCCOCCN(C)C(=O)C(=C)C.C=CC(=O)OCCOCCOCCN(C)C(=O)C(=C)C. The molecule has 0 spiro atoms. The first-order valence-electron chi connectivity index (χ1n) is 13.1. The maximum Gasteiger partial charge on any atom is 0.333 e. The van der Waals surface area contributed by atoms with Crippen LogP contribution in [0.15, 0.2) is 49.1 Å². The van der Waals surface area contributed by atoms with Gasteiger partial charge in [0, 0.05) is 50.0 Å². The van der Waals surface area contributed by atoms with E-state index in [0.29, 0.717) is 82.7 Å². The van der Waals surface area contributed by atoms with Crippen molar-refractivity contribution >= 4 is 23.8 Å². The highest BCUT2D eigenvalue weighted by molar-refractivity contribution is 5.92. The van der Waals surface area contributed by atoms with Crippen LogP contribution in [0, 0.1) is 0 Å². The van der Waals surface area contributed by atoms with Gasteiger partial charge in [-0.1, -0.05) is 26.3 Å². The van der Waals surface area contributed by atoms with Gasteiger partial charge in [0.15, 0.2) is 0 Å². The Labute approximate surface area is 244 Å². The molecule has 0 saturated heterocycles. The first-order valence-corrected chi connectivity index (χ1v) is 13.1. The van der Waals surface area contributed by atoms with E-state index < -0.39 is 11.9 Å². The lowest BCUT2D eigenvalue weighted by atomic mass is 10.3. The van der Waals surface area contributed by atoms with Crippen molar-refractivity contribution in [1.82, 2.24) is 9.80 Å². The highest BCUT2D eigenvalue weighted by Gasteiger charge is 2.09. The van der Waals surface area contributed by atoms with Crippen LogP contribution in [-0.4, -0.2) is 127 Å². The van der Waals surface area contributed by atoms with Gasteiger partial charge >= 0.3 is 11.9 Å². The number of hydrogen-bond donors (Lipinski definition) is 0. The summed E-state index contributed by atoms with van der Waals surface area (Å²) in [5.74, 6) is -1.06. The Bertz CT molecular complexity index is 857. The molecule has 0 heterocycles. The second kappa shape index (κ2) is 25.6. The number of carbonyl (C=O) groups is 4. The summed E-state index contributed by atoms with van der Waals surface area (Å²) in [6.07, 6.45) is 1.10. The van der Waals surface area contributed by atoms with Crippen molar-refractivity contribution in [2.45, 2.75) is 20.8 Å². The summed E-state index contributed by atoms with van der Waals surface area (Å²) < 4.78 is 30.6. The number of carbonyl (C=O) groups excluding carboxylic acids is 4. The van der Waals surface area contributed by atoms with Crippen LogP contribution in [0.5, 0.6) is 0 Å². The summed E-state index contributed by atoms with van der Waals surface area (Å²) in [6.45, 7) is 23.4. The number of hydrogen-bond acceptors (Lipinski definition) is 10. The largest absolute Gasteiger partial charge is 0.460 e. The fraction of sp³-hybridized carbons (Fsp3) is 0.586. The first kappa shape index (κ1) is 39.8. The van der Waals surface area contributed by atoms with E-state index in [0.717, 1.165) is 6.08 Å². The maximum absolute atomic E-state index is 11.5. The van der Waals surface area contributed by atoms with E-state index in [4.69, 9.17) is 28.4 Å². The monoisotopic (exact) mass is 584 g/mol. The molecule has 0 aromatic carbocycles. The van der Waals surface area contributed by atoms with Crippen LogP contribution in [-0.2, 0) is 47.6 Å². The van der Waals surface area contributed by atoms with E-state index in [1.54, 1.807) is 44.7 Å². The Balaban J connectivity index is 0. The van der Waals surface area contributed by atoms with Gasteiger partial charge in [0.25, 0.3) is 0 Å². The van der Waals surface area contributed by atoms with Crippen molar-refractivity contribution in [3.63, 3.8) is 0 Å². The molecule has 0 saturated carbocycles. The molecule has 0 unspecified atom stereocenters. The third kappa shape index (κ3) is 24.2. The molecule has 0 aliphatic heterocycles. The van der Waals surface area contributed by atoms with Crippen molar-refractivity contribution in [3.05, 3.63) is 49.1 Å². The Morgan fingerprint density at radius 3 is 1.24 bits per heavy atom. The molecular weight excluding hydrogens is 536 g/mol.